The normalized spacial score (nSPS) is 12.0. The first-order valence-electron chi connectivity index (χ1n) is 8.27. The molecule has 132 valence electrons. The molecule has 0 fully saturated rings. The van der Waals surface area contributed by atoms with E-state index in [0.29, 0.717) is 22.6 Å². The van der Waals surface area contributed by atoms with E-state index in [9.17, 15) is 9.90 Å². The number of rotatable bonds is 5. The molecule has 2 aromatic carbocycles. The van der Waals surface area contributed by atoms with Crippen molar-refractivity contribution in [3.8, 4) is 0 Å². The fraction of sp³-hybridized carbons (Fsp3) is 0.143. The average molecular weight is 348 g/mol. The highest BCUT2D eigenvalue weighted by atomic mass is 16.3. The third kappa shape index (κ3) is 3.43. The first-order chi connectivity index (χ1) is 12.5. The summed E-state index contributed by atoms with van der Waals surface area (Å²) in [7, 11) is 0. The summed E-state index contributed by atoms with van der Waals surface area (Å²) in [4.78, 5) is 12.9. The van der Waals surface area contributed by atoms with Gasteiger partial charge in [0, 0.05) is 0 Å². The largest absolute Gasteiger partial charge is 0.460 e. The Kier molecular flexibility index (Phi) is 5.00. The second-order valence-corrected chi connectivity index (χ2v) is 5.99. The molecule has 0 aliphatic heterocycles. The first-order valence-corrected chi connectivity index (χ1v) is 8.27. The number of hydrogen-bond acceptors (Lipinski definition) is 4. The summed E-state index contributed by atoms with van der Waals surface area (Å²) in [5, 5.41) is 15.4. The van der Waals surface area contributed by atoms with Gasteiger partial charge >= 0.3 is 0 Å². The molecular formula is C21H20N2O3. The van der Waals surface area contributed by atoms with Crippen LogP contribution in [0.2, 0.25) is 0 Å². The van der Waals surface area contributed by atoms with E-state index in [1.807, 2.05) is 25.1 Å². The minimum atomic E-state index is -1.86. The minimum Gasteiger partial charge on any atom is -0.460 e. The Labute approximate surface area is 152 Å². The van der Waals surface area contributed by atoms with E-state index in [2.05, 4.69) is 10.5 Å². The fourth-order valence-corrected chi connectivity index (χ4v) is 2.69. The lowest BCUT2D eigenvalue weighted by Crippen LogP contribution is -2.43. The summed E-state index contributed by atoms with van der Waals surface area (Å²) < 4.78 is 5.49. The van der Waals surface area contributed by atoms with E-state index in [1.165, 1.54) is 0 Å². The van der Waals surface area contributed by atoms with Crippen molar-refractivity contribution < 1.29 is 14.3 Å². The van der Waals surface area contributed by atoms with Crippen molar-refractivity contribution in [2.75, 3.05) is 0 Å². The maximum Gasteiger partial charge on any atom is 0.281 e. The summed E-state index contributed by atoms with van der Waals surface area (Å²) in [6.07, 6.45) is 0. The van der Waals surface area contributed by atoms with Crippen LogP contribution in [-0.2, 0) is 10.4 Å². The van der Waals surface area contributed by atoms with Gasteiger partial charge in [0.25, 0.3) is 5.91 Å². The average Bonchev–Trinajstić information content (AvgIpc) is 3.13. The Morgan fingerprint density at radius 1 is 0.962 bits per heavy atom. The molecule has 0 aliphatic rings. The van der Waals surface area contributed by atoms with Crippen molar-refractivity contribution in [2.24, 2.45) is 5.10 Å². The van der Waals surface area contributed by atoms with Crippen LogP contribution in [0.1, 0.15) is 29.6 Å². The van der Waals surface area contributed by atoms with Gasteiger partial charge in [-0.2, -0.15) is 5.10 Å². The SMILES string of the molecule is C/C(=N/NC(=O)C(O)(c1ccccc1)c1ccccc1)c1ccc(C)o1. The van der Waals surface area contributed by atoms with Crippen LogP contribution in [0.5, 0.6) is 0 Å². The molecule has 0 saturated carbocycles. The van der Waals surface area contributed by atoms with E-state index in [1.54, 1.807) is 61.5 Å². The summed E-state index contributed by atoms with van der Waals surface area (Å²) in [6.45, 7) is 3.56. The second kappa shape index (κ2) is 7.37. The topological polar surface area (TPSA) is 74.8 Å². The third-order valence-corrected chi connectivity index (χ3v) is 4.13. The molecule has 1 aromatic heterocycles. The second-order valence-electron chi connectivity index (χ2n) is 5.99. The van der Waals surface area contributed by atoms with E-state index in [-0.39, 0.29) is 0 Å². The monoisotopic (exact) mass is 348 g/mol. The van der Waals surface area contributed by atoms with Gasteiger partial charge < -0.3 is 9.52 Å². The highest BCUT2D eigenvalue weighted by Crippen LogP contribution is 2.29. The molecule has 1 amide bonds. The standard InChI is InChI=1S/C21H20N2O3/c1-15-13-14-19(26-15)16(2)22-23-20(24)21(25,17-9-5-3-6-10-17)18-11-7-4-8-12-18/h3-14,25H,1-2H3,(H,23,24)/b22-16-. The van der Waals surface area contributed by atoms with E-state index in [0.717, 1.165) is 5.76 Å². The minimum absolute atomic E-state index is 0.463. The van der Waals surface area contributed by atoms with Gasteiger partial charge in [-0.15, -0.1) is 0 Å². The fourth-order valence-electron chi connectivity index (χ4n) is 2.69. The number of aryl methyl sites for hydroxylation is 1. The Morgan fingerprint density at radius 2 is 1.50 bits per heavy atom. The molecular weight excluding hydrogens is 328 g/mol. The quantitative estimate of drug-likeness (QED) is 0.548. The Morgan fingerprint density at radius 3 is 1.96 bits per heavy atom. The number of benzene rings is 2. The van der Waals surface area contributed by atoms with Gasteiger partial charge in [0.15, 0.2) is 5.60 Å². The Hall–Kier alpha value is -3.18. The van der Waals surface area contributed by atoms with Gasteiger partial charge in [-0.05, 0) is 37.1 Å². The van der Waals surface area contributed by atoms with Crippen molar-refractivity contribution in [1.29, 1.82) is 0 Å². The van der Waals surface area contributed by atoms with Crippen molar-refractivity contribution in [2.45, 2.75) is 19.4 Å². The molecule has 0 spiro atoms. The summed E-state index contributed by atoms with van der Waals surface area (Å²) in [6, 6.07) is 21.2. The number of carbonyl (C=O) groups excluding carboxylic acids is 1. The zero-order valence-corrected chi connectivity index (χ0v) is 14.6. The molecule has 0 radical (unpaired) electrons. The highest BCUT2D eigenvalue weighted by molar-refractivity contribution is 5.98. The maximum absolute atomic E-state index is 12.9. The summed E-state index contributed by atoms with van der Waals surface area (Å²) in [5.41, 5.74) is 2.05. The number of nitrogens with zero attached hydrogens (tertiary/aromatic N) is 1. The highest BCUT2D eigenvalue weighted by Gasteiger charge is 2.39. The molecule has 5 heteroatoms. The molecule has 2 N–H and O–H groups in total. The van der Waals surface area contributed by atoms with E-state index >= 15 is 0 Å². The number of aliphatic hydroxyl groups is 1. The molecule has 3 aromatic rings. The first kappa shape index (κ1) is 17.6. The van der Waals surface area contributed by atoms with Crippen LogP contribution in [0.25, 0.3) is 0 Å². The van der Waals surface area contributed by atoms with Crippen molar-refractivity contribution in [3.63, 3.8) is 0 Å². The Bertz CT molecular complexity index is 875. The third-order valence-electron chi connectivity index (χ3n) is 4.13. The number of furan rings is 1. The van der Waals surface area contributed by atoms with Crippen molar-refractivity contribution in [3.05, 3.63) is 95.4 Å². The number of hydrazone groups is 1. The molecule has 0 bridgehead atoms. The van der Waals surface area contributed by atoms with E-state index in [4.69, 9.17) is 4.42 Å². The van der Waals surface area contributed by atoms with Crippen molar-refractivity contribution in [1.82, 2.24) is 5.43 Å². The van der Waals surface area contributed by atoms with Crippen LogP contribution in [0.3, 0.4) is 0 Å². The van der Waals surface area contributed by atoms with Gasteiger partial charge in [-0.1, -0.05) is 60.7 Å². The molecule has 0 aliphatic carbocycles. The predicted molar refractivity (Wildman–Crippen MR) is 99.7 cm³/mol. The number of carbonyl (C=O) groups is 1. The van der Waals surface area contributed by atoms with Crippen molar-refractivity contribution >= 4 is 11.6 Å². The predicted octanol–water partition coefficient (Wildman–Crippen LogP) is 3.36. The van der Waals surface area contributed by atoms with Crippen LogP contribution >= 0.6 is 0 Å². The van der Waals surface area contributed by atoms with Gasteiger partial charge in [-0.3, -0.25) is 4.79 Å². The maximum atomic E-state index is 12.9. The van der Waals surface area contributed by atoms with Gasteiger partial charge in [-0.25, -0.2) is 5.43 Å². The molecule has 5 nitrogen and oxygen atoms in total. The van der Waals surface area contributed by atoms with Gasteiger partial charge in [0.1, 0.15) is 17.2 Å². The van der Waals surface area contributed by atoms with Crippen LogP contribution in [0.4, 0.5) is 0 Å². The lowest BCUT2D eigenvalue weighted by Gasteiger charge is -2.27. The zero-order chi connectivity index (χ0) is 18.6. The summed E-state index contributed by atoms with van der Waals surface area (Å²) >= 11 is 0. The number of nitrogens with one attached hydrogen (secondary N) is 1. The molecule has 0 atom stereocenters. The molecule has 3 rings (SSSR count). The Balaban J connectivity index is 1.94. The summed E-state index contributed by atoms with van der Waals surface area (Å²) in [5.74, 6) is 0.675. The molecule has 0 saturated heterocycles. The lowest BCUT2D eigenvalue weighted by atomic mass is 9.85. The molecule has 0 unspecified atom stereocenters. The number of hydrogen-bond donors (Lipinski definition) is 2. The van der Waals surface area contributed by atoms with Gasteiger partial charge in [0.2, 0.25) is 0 Å². The molecule has 1 heterocycles. The number of amides is 1. The van der Waals surface area contributed by atoms with Crippen LogP contribution in [-0.4, -0.2) is 16.7 Å². The van der Waals surface area contributed by atoms with E-state index < -0.39 is 11.5 Å². The van der Waals surface area contributed by atoms with Crippen LogP contribution in [0.15, 0.2) is 82.3 Å². The lowest BCUT2D eigenvalue weighted by molar-refractivity contribution is -0.136. The van der Waals surface area contributed by atoms with Crippen LogP contribution < -0.4 is 5.43 Å². The van der Waals surface area contributed by atoms with Gasteiger partial charge in [0.05, 0.1) is 0 Å². The van der Waals surface area contributed by atoms with Crippen LogP contribution in [0, 0.1) is 6.92 Å². The smallest absolute Gasteiger partial charge is 0.281 e. The zero-order valence-electron chi connectivity index (χ0n) is 14.6. The molecule has 26 heavy (non-hydrogen) atoms.